The lowest BCUT2D eigenvalue weighted by Gasteiger charge is -2.44. The van der Waals surface area contributed by atoms with Gasteiger partial charge in [-0.05, 0) is 37.5 Å². The Hall–Kier alpha value is -3.42. The average molecular weight is 464 g/mol. The van der Waals surface area contributed by atoms with Crippen molar-refractivity contribution >= 4 is 22.9 Å². The molecule has 1 unspecified atom stereocenters. The Balaban J connectivity index is 1.36. The van der Waals surface area contributed by atoms with Crippen LogP contribution in [0.5, 0.6) is 11.5 Å². The molecule has 6 rings (SSSR count). The fraction of sp³-hybridized carbons (Fsp3) is 0.462. The molecule has 1 fully saturated rings. The molecule has 0 spiro atoms. The maximum absolute atomic E-state index is 13.9. The van der Waals surface area contributed by atoms with Crippen LogP contribution in [0.4, 0.5) is 0 Å². The van der Waals surface area contributed by atoms with Gasteiger partial charge in [0.1, 0.15) is 11.2 Å². The van der Waals surface area contributed by atoms with E-state index >= 15 is 0 Å². The van der Waals surface area contributed by atoms with Gasteiger partial charge >= 0.3 is 0 Å². The molecule has 178 valence electrons. The zero-order valence-corrected chi connectivity index (χ0v) is 19.3. The number of furan rings is 1. The van der Waals surface area contributed by atoms with Gasteiger partial charge in [0.15, 0.2) is 17.1 Å². The molecular formula is C26H29N3O5. The second kappa shape index (κ2) is 8.11. The Labute approximate surface area is 197 Å². The molecule has 1 aliphatic carbocycles. The quantitative estimate of drug-likeness (QED) is 0.586. The van der Waals surface area contributed by atoms with Gasteiger partial charge in [-0.3, -0.25) is 9.59 Å². The van der Waals surface area contributed by atoms with Crippen molar-refractivity contribution in [3.8, 4) is 11.5 Å². The summed E-state index contributed by atoms with van der Waals surface area (Å²) in [6, 6.07) is 9.43. The smallest absolute Gasteiger partial charge is 0.271 e. The Morgan fingerprint density at radius 3 is 2.71 bits per heavy atom. The highest BCUT2D eigenvalue weighted by atomic mass is 16.7. The molecule has 1 saturated carbocycles. The SMILES string of the molecule is CC1(C(=O)NC2CCCCCC2)Cn2c(cc3occc32)C(=O)N1Cc1ccc2c(c1)OCO2. The van der Waals surface area contributed by atoms with E-state index in [1.165, 1.54) is 12.8 Å². The zero-order valence-electron chi connectivity index (χ0n) is 19.3. The topological polar surface area (TPSA) is 85.9 Å². The largest absolute Gasteiger partial charge is 0.463 e. The number of carbonyl (C=O) groups is 2. The van der Waals surface area contributed by atoms with Gasteiger partial charge in [-0.2, -0.15) is 0 Å². The summed E-state index contributed by atoms with van der Waals surface area (Å²) in [7, 11) is 0. The maximum Gasteiger partial charge on any atom is 0.271 e. The molecule has 1 atom stereocenters. The maximum atomic E-state index is 13.9. The van der Waals surface area contributed by atoms with Crippen molar-refractivity contribution in [1.29, 1.82) is 0 Å². The highest BCUT2D eigenvalue weighted by molar-refractivity contribution is 6.02. The molecule has 2 amide bonds. The molecule has 34 heavy (non-hydrogen) atoms. The van der Waals surface area contributed by atoms with E-state index in [1.54, 1.807) is 17.2 Å². The number of hydrogen-bond donors (Lipinski definition) is 1. The first-order valence-corrected chi connectivity index (χ1v) is 12.1. The Morgan fingerprint density at radius 2 is 1.88 bits per heavy atom. The van der Waals surface area contributed by atoms with Crippen molar-refractivity contribution in [2.75, 3.05) is 6.79 Å². The van der Waals surface area contributed by atoms with Crippen LogP contribution in [0.2, 0.25) is 0 Å². The average Bonchev–Trinajstić information content (AvgIpc) is 3.50. The molecule has 3 aromatic rings. The van der Waals surface area contributed by atoms with Crippen LogP contribution in [0.15, 0.2) is 41.0 Å². The van der Waals surface area contributed by atoms with Gasteiger partial charge in [-0.15, -0.1) is 0 Å². The van der Waals surface area contributed by atoms with Crippen LogP contribution in [0, 0.1) is 0 Å². The summed E-state index contributed by atoms with van der Waals surface area (Å²) in [5, 5.41) is 3.30. The third kappa shape index (κ3) is 3.43. The van der Waals surface area contributed by atoms with E-state index in [4.69, 9.17) is 13.9 Å². The van der Waals surface area contributed by atoms with Crippen molar-refractivity contribution in [3.05, 3.63) is 47.9 Å². The number of hydrogen-bond acceptors (Lipinski definition) is 5. The number of aromatic nitrogens is 1. The van der Waals surface area contributed by atoms with E-state index < -0.39 is 5.54 Å². The lowest BCUT2D eigenvalue weighted by molar-refractivity contribution is -0.134. The molecule has 1 N–H and O–H groups in total. The first-order chi connectivity index (χ1) is 16.5. The normalized spacial score (nSPS) is 22.6. The van der Waals surface area contributed by atoms with Crippen molar-refractivity contribution in [2.24, 2.45) is 0 Å². The van der Waals surface area contributed by atoms with Crippen LogP contribution in [-0.2, 0) is 17.9 Å². The van der Waals surface area contributed by atoms with Gasteiger partial charge in [-0.1, -0.05) is 31.7 Å². The zero-order chi connectivity index (χ0) is 23.3. The number of amides is 2. The van der Waals surface area contributed by atoms with Crippen LogP contribution in [0.25, 0.3) is 11.1 Å². The predicted octanol–water partition coefficient (Wildman–Crippen LogP) is 4.22. The fourth-order valence-corrected chi connectivity index (χ4v) is 5.51. The fourth-order valence-electron chi connectivity index (χ4n) is 5.51. The van der Waals surface area contributed by atoms with Crippen LogP contribution < -0.4 is 14.8 Å². The minimum absolute atomic E-state index is 0.107. The Bertz CT molecular complexity index is 1250. The van der Waals surface area contributed by atoms with E-state index in [-0.39, 0.29) is 31.2 Å². The van der Waals surface area contributed by atoms with Crippen molar-refractivity contribution in [1.82, 2.24) is 14.8 Å². The third-order valence-electron chi connectivity index (χ3n) is 7.51. The second-order valence-corrected chi connectivity index (χ2v) is 9.80. The summed E-state index contributed by atoms with van der Waals surface area (Å²) >= 11 is 0. The van der Waals surface area contributed by atoms with Crippen molar-refractivity contribution in [3.63, 3.8) is 0 Å². The second-order valence-electron chi connectivity index (χ2n) is 9.80. The minimum Gasteiger partial charge on any atom is -0.463 e. The number of nitrogens with one attached hydrogen (secondary N) is 1. The van der Waals surface area contributed by atoms with Crippen LogP contribution in [0.3, 0.4) is 0 Å². The monoisotopic (exact) mass is 463 g/mol. The predicted molar refractivity (Wildman–Crippen MR) is 125 cm³/mol. The molecule has 3 aliphatic rings. The molecule has 0 saturated heterocycles. The molecule has 0 bridgehead atoms. The molecule has 1 aromatic carbocycles. The lowest BCUT2D eigenvalue weighted by Crippen LogP contribution is -2.64. The van der Waals surface area contributed by atoms with E-state index in [0.29, 0.717) is 29.3 Å². The first-order valence-electron chi connectivity index (χ1n) is 12.1. The van der Waals surface area contributed by atoms with Gasteiger partial charge in [0, 0.05) is 24.7 Å². The van der Waals surface area contributed by atoms with E-state index in [2.05, 4.69) is 5.32 Å². The Kier molecular flexibility index (Phi) is 5.04. The van der Waals surface area contributed by atoms with E-state index in [0.717, 1.165) is 36.8 Å². The molecule has 8 heteroatoms. The van der Waals surface area contributed by atoms with Gasteiger partial charge < -0.3 is 28.7 Å². The molecule has 8 nitrogen and oxygen atoms in total. The van der Waals surface area contributed by atoms with Gasteiger partial charge in [0.2, 0.25) is 12.7 Å². The van der Waals surface area contributed by atoms with Crippen molar-refractivity contribution < 1.29 is 23.5 Å². The highest BCUT2D eigenvalue weighted by Gasteiger charge is 2.48. The standard InChI is InChI=1S/C26H29N3O5/c1-26(25(31)27-18-6-4-2-3-5-7-18)15-28-19-10-11-32-22(19)13-20(28)24(30)29(26)14-17-8-9-21-23(12-17)34-16-33-21/h8-13,18H,2-7,14-16H2,1H3,(H,27,31). The molecule has 0 radical (unpaired) electrons. The summed E-state index contributed by atoms with van der Waals surface area (Å²) in [4.78, 5) is 29.4. The minimum atomic E-state index is -1.06. The summed E-state index contributed by atoms with van der Waals surface area (Å²) in [5.41, 5.74) is 1.85. The van der Waals surface area contributed by atoms with Crippen LogP contribution in [0.1, 0.15) is 61.5 Å². The number of fused-ring (bicyclic) bond motifs is 4. The molecule has 2 aromatic heterocycles. The van der Waals surface area contributed by atoms with Crippen LogP contribution in [-0.4, -0.2) is 39.7 Å². The molecular weight excluding hydrogens is 434 g/mol. The van der Waals surface area contributed by atoms with E-state index in [9.17, 15) is 9.59 Å². The van der Waals surface area contributed by atoms with E-state index in [1.807, 2.05) is 35.8 Å². The summed E-state index contributed by atoms with van der Waals surface area (Å²) in [6.45, 7) is 2.71. The van der Waals surface area contributed by atoms with Crippen LogP contribution >= 0.6 is 0 Å². The summed E-state index contributed by atoms with van der Waals surface area (Å²) in [5.74, 6) is 1.06. The Morgan fingerprint density at radius 1 is 1.09 bits per heavy atom. The molecule has 2 aliphatic heterocycles. The van der Waals surface area contributed by atoms with Gasteiger partial charge in [0.25, 0.3) is 5.91 Å². The number of rotatable bonds is 4. The molecule has 4 heterocycles. The summed E-state index contributed by atoms with van der Waals surface area (Å²) < 4.78 is 18.4. The van der Waals surface area contributed by atoms with Gasteiger partial charge in [-0.25, -0.2) is 0 Å². The number of nitrogens with zero attached hydrogens (tertiary/aromatic N) is 2. The number of benzene rings is 1. The highest BCUT2D eigenvalue weighted by Crippen LogP contribution is 2.37. The van der Waals surface area contributed by atoms with Gasteiger partial charge in [0.05, 0.1) is 18.3 Å². The first kappa shape index (κ1) is 21.1. The third-order valence-corrected chi connectivity index (χ3v) is 7.51. The van der Waals surface area contributed by atoms with Crippen molar-refractivity contribution in [2.45, 2.75) is 70.1 Å². The number of carbonyl (C=O) groups excluding carboxylic acids is 2. The number of ether oxygens (including phenoxy) is 2. The summed E-state index contributed by atoms with van der Waals surface area (Å²) in [6.07, 6.45) is 8.26. The lowest BCUT2D eigenvalue weighted by atomic mass is 9.93.